The van der Waals surface area contributed by atoms with Crippen molar-refractivity contribution in [2.24, 2.45) is 5.92 Å². The van der Waals surface area contributed by atoms with Crippen molar-refractivity contribution in [1.82, 2.24) is 19.2 Å². The van der Waals surface area contributed by atoms with Gasteiger partial charge in [0.2, 0.25) is 5.91 Å². The van der Waals surface area contributed by atoms with E-state index in [1.165, 1.54) is 38.1 Å². The van der Waals surface area contributed by atoms with Crippen LogP contribution in [0.4, 0.5) is 10.1 Å². The minimum absolute atomic E-state index is 0.0799. The molecule has 1 aromatic carbocycles. The first-order chi connectivity index (χ1) is 14.4. The van der Waals surface area contributed by atoms with Crippen LogP contribution in [-0.2, 0) is 24.2 Å². The number of nitrogens with zero attached hydrogens (tertiary/aromatic N) is 4. The van der Waals surface area contributed by atoms with Gasteiger partial charge >= 0.3 is 5.69 Å². The van der Waals surface area contributed by atoms with Gasteiger partial charge in [0.05, 0.1) is 16.1 Å². The quantitative estimate of drug-likeness (QED) is 0.521. The minimum Gasteiger partial charge on any atom is -0.323 e. The van der Waals surface area contributed by atoms with Gasteiger partial charge in [-0.15, -0.1) is 11.3 Å². The largest absolute Gasteiger partial charge is 0.365 e. The van der Waals surface area contributed by atoms with E-state index in [0.29, 0.717) is 11.6 Å². The normalized spacial score (nSPS) is 16.2. The molecule has 30 heavy (non-hydrogen) atoms. The first-order valence-corrected chi connectivity index (χ1v) is 10.7. The Bertz CT molecular complexity index is 1380. The number of nitrogens with one attached hydrogen (secondary N) is 1. The summed E-state index contributed by atoms with van der Waals surface area (Å²) in [5.74, 6) is -0.350. The topological polar surface area (TPSA) is 81.3 Å². The number of fused-ring (bicyclic) bond motifs is 5. The molecule has 3 heterocycles. The molecular formula is C20H17ClFN5O2S. The molecule has 1 atom stereocenters. The molecule has 1 aliphatic carbocycles. The van der Waals surface area contributed by atoms with Gasteiger partial charge in [-0.1, -0.05) is 18.5 Å². The summed E-state index contributed by atoms with van der Waals surface area (Å²) in [7, 11) is 0. The Morgan fingerprint density at radius 3 is 3.07 bits per heavy atom. The van der Waals surface area contributed by atoms with E-state index in [2.05, 4.69) is 22.2 Å². The molecule has 1 N–H and O–H groups in total. The average Bonchev–Trinajstić information content (AvgIpc) is 3.21. The molecule has 0 aliphatic heterocycles. The predicted octanol–water partition coefficient (Wildman–Crippen LogP) is 3.66. The van der Waals surface area contributed by atoms with Crippen molar-refractivity contribution in [2.75, 3.05) is 5.32 Å². The number of rotatable bonds is 3. The summed E-state index contributed by atoms with van der Waals surface area (Å²) < 4.78 is 16.0. The zero-order valence-corrected chi connectivity index (χ0v) is 17.6. The summed E-state index contributed by atoms with van der Waals surface area (Å²) in [6.07, 6.45) is 4.55. The molecule has 7 nitrogen and oxygen atoms in total. The zero-order valence-electron chi connectivity index (χ0n) is 16.0. The molecule has 0 spiro atoms. The number of aromatic nitrogens is 4. The summed E-state index contributed by atoms with van der Waals surface area (Å²) in [4.78, 5) is 36.0. The van der Waals surface area contributed by atoms with Crippen LogP contribution in [-0.4, -0.2) is 25.1 Å². The van der Waals surface area contributed by atoms with E-state index < -0.39 is 17.4 Å². The van der Waals surface area contributed by atoms with Crippen molar-refractivity contribution in [3.8, 4) is 0 Å². The first kappa shape index (κ1) is 19.2. The number of halogens is 2. The van der Waals surface area contributed by atoms with Crippen molar-refractivity contribution >= 4 is 50.4 Å². The number of thiophene rings is 1. The lowest BCUT2D eigenvalue weighted by Crippen LogP contribution is -2.28. The van der Waals surface area contributed by atoms with E-state index >= 15 is 0 Å². The number of hydrogen-bond acceptors (Lipinski definition) is 5. The Morgan fingerprint density at radius 1 is 1.43 bits per heavy atom. The first-order valence-electron chi connectivity index (χ1n) is 9.54. The number of carbonyl (C=O) groups is 1. The Morgan fingerprint density at radius 2 is 2.27 bits per heavy atom. The molecule has 1 aliphatic rings. The fourth-order valence-corrected chi connectivity index (χ4v) is 5.48. The smallest absolute Gasteiger partial charge is 0.323 e. The summed E-state index contributed by atoms with van der Waals surface area (Å²) in [5, 5.41) is 3.58. The lowest BCUT2D eigenvalue weighted by Gasteiger charge is -2.17. The van der Waals surface area contributed by atoms with Crippen LogP contribution >= 0.6 is 22.9 Å². The van der Waals surface area contributed by atoms with Gasteiger partial charge in [-0.2, -0.15) is 4.98 Å². The van der Waals surface area contributed by atoms with Crippen molar-refractivity contribution in [3.05, 3.63) is 56.3 Å². The number of carbonyl (C=O) groups excluding carboxylic acids is 1. The molecule has 1 amide bonds. The van der Waals surface area contributed by atoms with Crippen LogP contribution in [0.3, 0.4) is 0 Å². The molecule has 5 rings (SSSR count). The number of anilines is 1. The van der Waals surface area contributed by atoms with Gasteiger partial charge in [0.25, 0.3) is 0 Å². The van der Waals surface area contributed by atoms with Crippen molar-refractivity contribution in [1.29, 1.82) is 0 Å². The molecule has 0 radical (unpaired) electrons. The maximum atomic E-state index is 13.2. The second kappa shape index (κ2) is 7.17. The van der Waals surface area contributed by atoms with Crippen molar-refractivity contribution < 1.29 is 9.18 Å². The highest BCUT2D eigenvalue weighted by atomic mass is 35.5. The van der Waals surface area contributed by atoms with Gasteiger partial charge in [0.15, 0.2) is 5.65 Å². The third-order valence-corrected chi connectivity index (χ3v) is 6.87. The molecule has 3 aromatic heterocycles. The zero-order chi connectivity index (χ0) is 21.0. The van der Waals surface area contributed by atoms with Crippen LogP contribution in [0.5, 0.6) is 0 Å². The Balaban J connectivity index is 1.52. The van der Waals surface area contributed by atoms with Gasteiger partial charge in [0.1, 0.15) is 23.5 Å². The molecule has 0 saturated carbocycles. The van der Waals surface area contributed by atoms with Crippen LogP contribution in [0.25, 0.3) is 15.9 Å². The van der Waals surface area contributed by atoms with E-state index in [0.717, 1.165) is 35.5 Å². The highest BCUT2D eigenvalue weighted by Crippen LogP contribution is 2.38. The summed E-state index contributed by atoms with van der Waals surface area (Å²) in [6, 6.07) is 3.68. The van der Waals surface area contributed by atoms with Gasteiger partial charge in [0, 0.05) is 4.88 Å². The second-order valence-corrected chi connectivity index (χ2v) is 9.06. The van der Waals surface area contributed by atoms with Crippen LogP contribution < -0.4 is 11.0 Å². The maximum absolute atomic E-state index is 13.2. The number of hydrogen-bond donors (Lipinski definition) is 1. The molecule has 0 fully saturated rings. The molecule has 0 unspecified atom stereocenters. The average molecular weight is 446 g/mol. The van der Waals surface area contributed by atoms with E-state index in [4.69, 9.17) is 11.6 Å². The lowest BCUT2D eigenvalue weighted by molar-refractivity contribution is -0.117. The van der Waals surface area contributed by atoms with Gasteiger partial charge < -0.3 is 5.32 Å². The van der Waals surface area contributed by atoms with Crippen LogP contribution in [0.1, 0.15) is 23.8 Å². The summed E-state index contributed by atoms with van der Waals surface area (Å²) in [6.45, 7) is 1.96. The Hall–Kier alpha value is -2.78. The third kappa shape index (κ3) is 3.18. The van der Waals surface area contributed by atoms with Crippen molar-refractivity contribution in [3.63, 3.8) is 0 Å². The molecular weight excluding hydrogens is 429 g/mol. The second-order valence-electron chi connectivity index (χ2n) is 7.57. The standard InChI is InChI=1S/C20H17ClFN5O2S/c1-10-2-4-12-15(6-10)30-19-17(12)18-25-20(29)26(27(18)9-23-19)8-16(28)24-14-5-3-11(22)7-13(14)21/h3,5,7,9-10H,2,4,6,8H2,1H3,(H,24,28)/t10-/m1/s1. The SMILES string of the molecule is C[C@@H]1CCc2c(sc3ncn4c(nc(=O)n4CC(=O)Nc4ccc(F)cc4Cl)c23)C1. The lowest BCUT2D eigenvalue weighted by atomic mass is 9.89. The maximum Gasteiger partial charge on any atom is 0.365 e. The van der Waals surface area contributed by atoms with Crippen LogP contribution in [0, 0.1) is 11.7 Å². The molecule has 0 saturated heterocycles. The van der Waals surface area contributed by atoms with E-state index in [1.807, 2.05) is 0 Å². The monoisotopic (exact) mass is 445 g/mol. The van der Waals surface area contributed by atoms with Gasteiger partial charge in [-0.05, 0) is 48.9 Å². The fourth-order valence-electron chi connectivity index (χ4n) is 3.92. The number of amides is 1. The Labute approximate surface area is 179 Å². The molecule has 0 bridgehead atoms. The summed E-state index contributed by atoms with van der Waals surface area (Å²) in [5.41, 5.74) is 1.47. The third-order valence-electron chi connectivity index (χ3n) is 5.40. The predicted molar refractivity (Wildman–Crippen MR) is 114 cm³/mol. The van der Waals surface area contributed by atoms with E-state index in [-0.39, 0.29) is 17.3 Å². The highest BCUT2D eigenvalue weighted by Gasteiger charge is 2.24. The van der Waals surface area contributed by atoms with E-state index in [1.54, 1.807) is 11.3 Å². The highest BCUT2D eigenvalue weighted by molar-refractivity contribution is 7.19. The minimum atomic E-state index is -0.534. The molecule has 154 valence electrons. The van der Waals surface area contributed by atoms with Gasteiger partial charge in [-0.3, -0.25) is 4.79 Å². The number of benzene rings is 1. The van der Waals surface area contributed by atoms with Crippen LogP contribution in [0.2, 0.25) is 5.02 Å². The van der Waals surface area contributed by atoms with Gasteiger partial charge in [-0.25, -0.2) is 23.4 Å². The Kier molecular flexibility index (Phi) is 4.59. The molecule has 10 heteroatoms. The summed E-state index contributed by atoms with van der Waals surface area (Å²) >= 11 is 7.61. The van der Waals surface area contributed by atoms with Crippen LogP contribution in [0.15, 0.2) is 29.3 Å². The van der Waals surface area contributed by atoms with E-state index in [9.17, 15) is 14.0 Å². The number of aryl methyl sites for hydroxylation is 1. The molecule has 4 aromatic rings. The van der Waals surface area contributed by atoms with Crippen molar-refractivity contribution in [2.45, 2.75) is 32.7 Å². The fraction of sp³-hybridized carbons (Fsp3) is 0.300.